The maximum Gasteiger partial charge on any atom is 0.338 e. The largest absolute Gasteiger partial charge is 0.377 e. The molecular weight excluding hydrogens is 432 g/mol. The van der Waals surface area contributed by atoms with E-state index in [1.165, 1.54) is 25.7 Å². The number of amides is 4. The van der Waals surface area contributed by atoms with Gasteiger partial charge in [-0.25, -0.2) is 20.5 Å². The number of hydrogen-bond donors (Lipinski definition) is 4. The zero-order chi connectivity index (χ0) is 24.2. The Kier molecular flexibility index (Phi) is 25.3. The number of urea groups is 2. The Labute approximate surface area is 198 Å². The molecule has 0 spiro atoms. The van der Waals surface area contributed by atoms with Crippen LogP contribution in [0.4, 0.5) is 9.59 Å². The molecule has 4 N–H and O–H groups in total. The fourth-order valence-electron chi connectivity index (χ4n) is 2.56. The van der Waals surface area contributed by atoms with E-state index in [0.29, 0.717) is 52.7 Å². The molecule has 0 aliphatic carbocycles. The van der Waals surface area contributed by atoms with Gasteiger partial charge < -0.3 is 24.8 Å². The van der Waals surface area contributed by atoms with Gasteiger partial charge in [-0.15, -0.1) is 0 Å². The van der Waals surface area contributed by atoms with Crippen LogP contribution < -0.4 is 21.6 Å². The van der Waals surface area contributed by atoms with Gasteiger partial charge in [0.1, 0.15) is 0 Å². The van der Waals surface area contributed by atoms with Crippen LogP contribution in [-0.4, -0.2) is 78.0 Å². The van der Waals surface area contributed by atoms with Crippen LogP contribution in [-0.2, 0) is 23.9 Å². The number of nitrogens with one attached hydrogen (secondary N) is 4. The van der Waals surface area contributed by atoms with E-state index in [4.69, 9.17) is 23.9 Å². The number of rotatable bonds is 24. The minimum absolute atomic E-state index is 0.261. The Balaban J connectivity index is 3.18. The third kappa shape index (κ3) is 26.5. The van der Waals surface area contributed by atoms with Crippen molar-refractivity contribution in [1.82, 2.24) is 21.6 Å². The van der Waals surface area contributed by atoms with Crippen molar-refractivity contribution < 1.29 is 33.5 Å². The molecule has 196 valence electrons. The number of carbonyl (C=O) groups excluding carboxylic acids is 2. The lowest BCUT2D eigenvalue weighted by molar-refractivity contribution is -0.0258. The van der Waals surface area contributed by atoms with Gasteiger partial charge in [-0.3, -0.25) is 9.68 Å². The molecule has 0 unspecified atom stereocenters. The molecule has 0 radical (unpaired) electrons. The van der Waals surface area contributed by atoms with Crippen LogP contribution in [0.5, 0.6) is 0 Å². The van der Waals surface area contributed by atoms with Gasteiger partial charge in [0.15, 0.2) is 0 Å². The van der Waals surface area contributed by atoms with Gasteiger partial charge in [-0.1, -0.05) is 52.4 Å². The Hall–Kier alpha value is -1.66. The fourth-order valence-corrected chi connectivity index (χ4v) is 2.56. The van der Waals surface area contributed by atoms with Gasteiger partial charge in [0.2, 0.25) is 0 Å². The molecule has 0 aromatic heterocycles. The summed E-state index contributed by atoms with van der Waals surface area (Å²) in [5, 5.41) is 5.46. The Morgan fingerprint density at radius 2 is 0.879 bits per heavy atom. The standard InChI is InChI=1S/C22H46N4O7/c1-3-5-7-9-11-23-21(27)25-32-19-17-30-15-13-29-14-16-31-18-20-33-26-22(28)24-12-10-8-6-4-2/h3-20H2,1-2H3,(H2,23,25,27)(H2,24,26,28). The Morgan fingerprint density at radius 1 is 0.515 bits per heavy atom. The van der Waals surface area contributed by atoms with E-state index in [1.807, 2.05) is 0 Å². The van der Waals surface area contributed by atoms with Gasteiger partial charge in [-0.05, 0) is 12.8 Å². The van der Waals surface area contributed by atoms with Crippen LogP contribution in [0, 0.1) is 0 Å². The van der Waals surface area contributed by atoms with Crippen molar-refractivity contribution in [3.8, 4) is 0 Å². The summed E-state index contributed by atoms with van der Waals surface area (Å²) in [6.07, 6.45) is 8.88. The highest BCUT2D eigenvalue weighted by Gasteiger charge is 2.00. The van der Waals surface area contributed by atoms with Crippen LogP contribution in [0.25, 0.3) is 0 Å². The predicted octanol–water partition coefficient (Wildman–Crippen LogP) is 2.66. The Bertz CT molecular complexity index is 407. The lowest BCUT2D eigenvalue weighted by Crippen LogP contribution is -2.36. The van der Waals surface area contributed by atoms with Crippen LogP contribution in [0.1, 0.15) is 65.2 Å². The molecule has 0 aromatic rings. The molecule has 0 rings (SSSR count). The summed E-state index contributed by atoms with van der Waals surface area (Å²) in [5.41, 5.74) is 4.64. The van der Waals surface area contributed by atoms with E-state index in [2.05, 4.69) is 35.4 Å². The van der Waals surface area contributed by atoms with Crippen molar-refractivity contribution >= 4 is 12.1 Å². The third-order valence-corrected chi connectivity index (χ3v) is 4.36. The average Bonchev–Trinajstić information content (AvgIpc) is 2.81. The van der Waals surface area contributed by atoms with Gasteiger partial charge in [0, 0.05) is 13.1 Å². The summed E-state index contributed by atoms with van der Waals surface area (Å²) < 4.78 is 16.1. The molecule has 4 amide bonds. The lowest BCUT2D eigenvalue weighted by Gasteiger charge is -2.09. The van der Waals surface area contributed by atoms with Crippen LogP contribution in [0.2, 0.25) is 0 Å². The second kappa shape index (κ2) is 26.6. The SMILES string of the molecule is CCCCCCNC(=O)NOCCOCCOCCOCCONC(=O)NCCCCCC. The van der Waals surface area contributed by atoms with E-state index in [-0.39, 0.29) is 25.3 Å². The van der Waals surface area contributed by atoms with E-state index in [1.54, 1.807) is 0 Å². The van der Waals surface area contributed by atoms with Gasteiger partial charge in [0.25, 0.3) is 0 Å². The quantitative estimate of drug-likeness (QED) is 0.124. The molecule has 0 atom stereocenters. The first-order valence-electron chi connectivity index (χ1n) is 12.2. The molecule has 33 heavy (non-hydrogen) atoms. The third-order valence-electron chi connectivity index (χ3n) is 4.36. The summed E-state index contributed by atoms with van der Waals surface area (Å²) in [4.78, 5) is 32.9. The molecule has 0 aliphatic heterocycles. The monoisotopic (exact) mass is 478 g/mol. The number of hydroxylamine groups is 2. The maximum absolute atomic E-state index is 11.4. The second-order valence-electron chi connectivity index (χ2n) is 7.37. The minimum atomic E-state index is -0.336. The van der Waals surface area contributed by atoms with E-state index in [9.17, 15) is 9.59 Å². The molecule has 0 bridgehead atoms. The lowest BCUT2D eigenvalue weighted by atomic mass is 10.2. The van der Waals surface area contributed by atoms with Crippen molar-refractivity contribution in [3.63, 3.8) is 0 Å². The molecular formula is C22H46N4O7. The zero-order valence-electron chi connectivity index (χ0n) is 20.6. The molecule has 0 saturated heterocycles. The smallest absolute Gasteiger partial charge is 0.338 e. The first-order chi connectivity index (χ1) is 16.2. The normalized spacial score (nSPS) is 10.7. The summed E-state index contributed by atoms with van der Waals surface area (Å²) in [6.45, 7) is 8.54. The summed E-state index contributed by atoms with van der Waals surface area (Å²) >= 11 is 0. The van der Waals surface area contributed by atoms with Crippen molar-refractivity contribution in [2.75, 3.05) is 65.9 Å². The summed E-state index contributed by atoms with van der Waals surface area (Å²) in [5.74, 6) is 0. The van der Waals surface area contributed by atoms with E-state index in [0.717, 1.165) is 25.7 Å². The second-order valence-corrected chi connectivity index (χ2v) is 7.37. The van der Waals surface area contributed by atoms with Crippen molar-refractivity contribution in [2.45, 2.75) is 65.2 Å². The topological polar surface area (TPSA) is 128 Å². The van der Waals surface area contributed by atoms with Crippen molar-refractivity contribution in [2.24, 2.45) is 0 Å². The number of carbonyl (C=O) groups is 2. The average molecular weight is 479 g/mol. The van der Waals surface area contributed by atoms with E-state index >= 15 is 0 Å². The predicted molar refractivity (Wildman–Crippen MR) is 126 cm³/mol. The van der Waals surface area contributed by atoms with Crippen molar-refractivity contribution in [3.05, 3.63) is 0 Å². The number of hydrogen-bond acceptors (Lipinski definition) is 7. The van der Waals surface area contributed by atoms with Gasteiger partial charge >= 0.3 is 12.1 Å². The van der Waals surface area contributed by atoms with Gasteiger partial charge in [-0.2, -0.15) is 0 Å². The van der Waals surface area contributed by atoms with Crippen LogP contribution >= 0.6 is 0 Å². The first-order valence-corrected chi connectivity index (χ1v) is 12.2. The molecule has 0 saturated carbocycles. The summed E-state index contributed by atoms with van der Waals surface area (Å²) in [6, 6.07) is -0.672. The molecule has 0 aromatic carbocycles. The molecule has 11 heteroatoms. The highest BCUT2D eigenvalue weighted by atomic mass is 16.7. The van der Waals surface area contributed by atoms with Gasteiger partial charge in [0.05, 0.1) is 52.9 Å². The zero-order valence-corrected chi connectivity index (χ0v) is 20.6. The highest BCUT2D eigenvalue weighted by Crippen LogP contribution is 1.97. The van der Waals surface area contributed by atoms with E-state index < -0.39 is 0 Å². The number of ether oxygens (including phenoxy) is 3. The molecule has 0 fully saturated rings. The van der Waals surface area contributed by atoms with Crippen LogP contribution in [0.15, 0.2) is 0 Å². The first kappa shape index (κ1) is 31.3. The molecule has 11 nitrogen and oxygen atoms in total. The minimum Gasteiger partial charge on any atom is -0.377 e. The molecule has 0 aliphatic rings. The summed E-state index contributed by atoms with van der Waals surface area (Å²) in [7, 11) is 0. The highest BCUT2D eigenvalue weighted by molar-refractivity contribution is 5.72. The number of unbranched alkanes of at least 4 members (excludes halogenated alkanes) is 6. The van der Waals surface area contributed by atoms with Crippen LogP contribution in [0.3, 0.4) is 0 Å². The van der Waals surface area contributed by atoms with Crippen molar-refractivity contribution in [1.29, 1.82) is 0 Å². The Morgan fingerprint density at radius 3 is 1.24 bits per heavy atom. The molecule has 0 heterocycles. The fraction of sp³-hybridized carbons (Fsp3) is 0.909. The maximum atomic E-state index is 11.4.